The monoisotopic (exact) mass is 590 g/mol. The SMILES string of the molecule is c1cnc2c(c1)cc(-c1nc(-n3c4ccccc4c4cccnc43)nc(-n3c4ccccc4c4cccnc43)n1)c1ccccc12. The molecule has 6 aromatic heterocycles. The Labute approximate surface area is 261 Å². The largest absolute Gasteiger partial charge is 0.262 e. The van der Waals surface area contributed by atoms with E-state index in [2.05, 4.69) is 60.7 Å². The fourth-order valence-electron chi connectivity index (χ4n) is 6.77. The molecule has 0 aliphatic rings. The Bertz CT molecular complexity index is 2590. The molecule has 0 atom stereocenters. The van der Waals surface area contributed by atoms with Gasteiger partial charge in [-0.05, 0) is 53.9 Å². The van der Waals surface area contributed by atoms with E-state index in [9.17, 15) is 0 Å². The third-order valence-electron chi connectivity index (χ3n) is 8.73. The number of hydrogen-bond acceptors (Lipinski definition) is 6. The minimum atomic E-state index is 0.474. The molecule has 8 heteroatoms. The summed E-state index contributed by atoms with van der Waals surface area (Å²) in [5.74, 6) is 1.50. The van der Waals surface area contributed by atoms with Crippen LogP contribution in [0.3, 0.4) is 0 Å². The fourth-order valence-corrected chi connectivity index (χ4v) is 6.77. The predicted octanol–water partition coefficient (Wildman–Crippen LogP) is 8.22. The number of aromatic nitrogens is 8. The molecular weight excluding hydrogens is 568 g/mol. The summed E-state index contributed by atoms with van der Waals surface area (Å²) in [6.07, 6.45) is 5.45. The zero-order chi connectivity index (χ0) is 30.2. The van der Waals surface area contributed by atoms with Gasteiger partial charge in [-0.2, -0.15) is 15.0 Å². The van der Waals surface area contributed by atoms with E-state index in [0.717, 1.165) is 71.1 Å². The van der Waals surface area contributed by atoms with Crippen molar-refractivity contribution in [3.63, 3.8) is 0 Å². The van der Waals surface area contributed by atoms with Crippen LogP contribution in [0, 0.1) is 0 Å². The lowest BCUT2D eigenvalue weighted by atomic mass is 10.00. The molecule has 0 radical (unpaired) electrons. The lowest BCUT2D eigenvalue weighted by molar-refractivity contribution is 0.884. The first kappa shape index (κ1) is 24.9. The van der Waals surface area contributed by atoms with Gasteiger partial charge in [-0.25, -0.2) is 9.97 Å². The van der Waals surface area contributed by atoms with Gasteiger partial charge < -0.3 is 0 Å². The van der Waals surface area contributed by atoms with Crippen molar-refractivity contribution in [1.82, 2.24) is 39.0 Å². The minimum absolute atomic E-state index is 0.474. The second-order valence-corrected chi connectivity index (χ2v) is 11.3. The van der Waals surface area contributed by atoms with Crippen LogP contribution >= 0.6 is 0 Å². The van der Waals surface area contributed by atoms with Gasteiger partial charge in [0.1, 0.15) is 11.3 Å². The first-order valence-electron chi connectivity index (χ1n) is 15.1. The van der Waals surface area contributed by atoms with E-state index >= 15 is 0 Å². The molecule has 0 fully saturated rings. The van der Waals surface area contributed by atoms with Gasteiger partial charge in [-0.1, -0.05) is 66.7 Å². The second kappa shape index (κ2) is 9.48. The molecule has 0 saturated heterocycles. The third kappa shape index (κ3) is 3.49. The summed E-state index contributed by atoms with van der Waals surface area (Å²) >= 11 is 0. The molecule has 0 N–H and O–H groups in total. The summed E-state index contributed by atoms with van der Waals surface area (Å²) in [5.41, 5.74) is 5.32. The molecular formula is C38H22N8. The first-order chi connectivity index (χ1) is 22.8. The van der Waals surface area contributed by atoms with Crippen molar-refractivity contribution in [2.45, 2.75) is 0 Å². The molecule has 0 aliphatic carbocycles. The van der Waals surface area contributed by atoms with Gasteiger partial charge in [0, 0.05) is 56.5 Å². The summed E-state index contributed by atoms with van der Waals surface area (Å²) in [4.78, 5) is 30.0. The summed E-state index contributed by atoms with van der Waals surface area (Å²) in [7, 11) is 0. The van der Waals surface area contributed by atoms with E-state index in [1.165, 1.54) is 0 Å². The molecule has 214 valence electrons. The maximum absolute atomic E-state index is 5.22. The highest BCUT2D eigenvalue weighted by Crippen LogP contribution is 2.36. The maximum atomic E-state index is 5.22. The summed E-state index contributed by atoms with van der Waals surface area (Å²) < 4.78 is 4.07. The average molecular weight is 591 g/mol. The Morgan fingerprint density at radius 3 is 1.54 bits per heavy atom. The molecule has 6 heterocycles. The number of rotatable bonds is 3. The smallest absolute Gasteiger partial charge is 0.241 e. The van der Waals surface area contributed by atoms with Crippen LogP contribution in [0.4, 0.5) is 0 Å². The average Bonchev–Trinajstić information content (AvgIpc) is 3.64. The van der Waals surface area contributed by atoms with E-state index in [1.807, 2.05) is 69.9 Å². The van der Waals surface area contributed by atoms with E-state index in [-0.39, 0.29) is 0 Å². The third-order valence-corrected chi connectivity index (χ3v) is 8.73. The van der Waals surface area contributed by atoms with Crippen LogP contribution in [0.2, 0.25) is 0 Å². The van der Waals surface area contributed by atoms with Crippen LogP contribution in [0.1, 0.15) is 0 Å². The zero-order valence-corrected chi connectivity index (χ0v) is 24.3. The fraction of sp³-hybridized carbons (Fsp3) is 0. The van der Waals surface area contributed by atoms with Crippen LogP contribution in [-0.2, 0) is 0 Å². The molecule has 0 bridgehead atoms. The molecule has 0 unspecified atom stereocenters. The topological polar surface area (TPSA) is 87.2 Å². The Kier molecular flexibility index (Phi) is 5.12. The molecule has 10 aromatic rings. The Hall–Kier alpha value is -6.54. The van der Waals surface area contributed by atoms with Gasteiger partial charge in [0.2, 0.25) is 11.9 Å². The van der Waals surface area contributed by atoms with E-state index in [0.29, 0.717) is 17.7 Å². The van der Waals surface area contributed by atoms with Crippen LogP contribution in [-0.4, -0.2) is 39.0 Å². The van der Waals surface area contributed by atoms with Gasteiger partial charge >= 0.3 is 0 Å². The number of pyridine rings is 3. The predicted molar refractivity (Wildman–Crippen MR) is 182 cm³/mol. The number of fused-ring (bicyclic) bond motifs is 9. The summed E-state index contributed by atoms with van der Waals surface area (Å²) in [6.45, 7) is 0. The van der Waals surface area contributed by atoms with Crippen molar-refractivity contribution in [1.29, 1.82) is 0 Å². The number of nitrogens with zero attached hydrogens (tertiary/aromatic N) is 8. The molecule has 10 rings (SSSR count). The summed E-state index contributed by atoms with van der Waals surface area (Å²) in [6, 6.07) is 39.1. The lowest BCUT2D eigenvalue weighted by Crippen LogP contribution is -2.11. The van der Waals surface area contributed by atoms with Crippen molar-refractivity contribution in [2.24, 2.45) is 0 Å². The molecule has 0 saturated carbocycles. The zero-order valence-electron chi connectivity index (χ0n) is 24.3. The van der Waals surface area contributed by atoms with Crippen LogP contribution in [0.5, 0.6) is 0 Å². The van der Waals surface area contributed by atoms with E-state index in [4.69, 9.17) is 29.9 Å². The Balaban J connectivity index is 1.37. The van der Waals surface area contributed by atoms with Crippen molar-refractivity contribution in [3.8, 4) is 23.3 Å². The number of benzene rings is 4. The number of hydrogen-bond donors (Lipinski definition) is 0. The van der Waals surface area contributed by atoms with Crippen molar-refractivity contribution >= 4 is 65.5 Å². The van der Waals surface area contributed by atoms with Crippen molar-refractivity contribution in [2.75, 3.05) is 0 Å². The van der Waals surface area contributed by atoms with Gasteiger partial charge in [0.15, 0.2) is 5.82 Å². The van der Waals surface area contributed by atoms with Crippen LogP contribution in [0.25, 0.3) is 88.8 Å². The van der Waals surface area contributed by atoms with E-state index < -0.39 is 0 Å². The standard InChI is InChI=1S/C38H22N8/c1-2-14-27-24(11-1)30(22-23-10-7-19-39-33(23)27)34-42-37(45-31-17-5-3-12-25(31)28-15-8-20-40-35(28)45)44-38(43-34)46-32-18-6-4-13-26(32)29-16-9-21-41-36(29)46/h1-22H. The minimum Gasteiger partial charge on any atom is -0.262 e. The quantitative estimate of drug-likeness (QED) is 0.193. The molecule has 0 amide bonds. The van der Waals surface area contributed by atoms with Crippen molar-refractivity contribution < 1.29 is 0 Å². The highest BCUT2D eigenvalue weighted by atomic mass is 15.3. The first-order valence-corrected chi connectivity index (χ1v) is 15.1. The highest BCUT2D eigenvalue weighted by molar-refractivity contribution is 6.12. The number of para-hydroxylation sites is 2. The van der Waals surface area contributed by atoms with Crippen LogP contribution in [0.15, 0.2) is 134 Å². The molecule has 46 heavy (non-hydrogen) atoms. The molecule has 4 aromatic carbocycles. The van der Waals surface area contributed by atoms with Gasteiger partial charge in [0.05, 0.1) is 16.6 Å². The van der Waals surface area contributed by atoms with Gasteiger partial charge in [-0.3, -0.25) is 14.1 Å². The maximum Gasteiger partial charge on any atom is 0.241 e. The Morgan fingerprint density at radius 2 is 0.913 bits per heavy atom. The molecule has 0 aliphatic heterocycles. The molecule has 0 spiro atoms. The highest BCUT2D eigenvalue weighted by Gasteiger charge is 2.22. The normalized spacial score (nSPS) is 11.9. The van der Waals surface area contributed by atoms with E-state index in [1.54, 1.807) is 12.4 Å². The lowest BCUT2D eigenvalue weighted by Gasteiger charge is -2.14. The van der Waals surface area contributed by atoms with Crippen molar-refractivity contribution in [3.05, 3.63) is 134 Å². The second-order valence-electron chi connectivity index (χ2n) is 11.3. The van der Waals surface area contributed by atoms with Crippen LogP contribution < -0.4 is 0 Å². The molecule has 8 nitrogen and oxygen atoms in total. The van der Waals surface area contributed by atoms with Gasteiger partial charge in [0.25, 0.3) is 0 Å². The Morgan fingerprint density at radius 1 is 0.413 bits per heavy atom. The van der Waals surface area contributed by atoms with Gasteiger partial charge in [-0.15, -0.1) is 0 Å². The summed E-state index contributed by atoms with van der Waals surface area (Å²) in [5, 5.41) is 7.28.